The quantitative estimate of drug-likeness (QED) is 0.301. The van der Waals surface area contributed by atoms with Gasteiger partial charge >= 0.3 is 6.09 Å². The lowest BCUT2D eigenvalue weighted by atomic mass is 9.95. The van der Waals surface area contributed by atoms with Gasteiger partial charge in [0.1, 0.15) is 30.8 Å². The van der Waals surface area contributed by atoms with Crippen molar-refractivity contribution in [1.82, 2.24) is 25.5 Å². The van der Waals surface area contributed by atoms with E-state index in [2.05, 4.69) is 25.5 Å². The fraction of sp³-hybridized carbons (Fsp3) is 0.480. The number of hydrogen-bond acceptors (Lipinski definition) is 8. The molecule has 2 N–H and O–H groups in total. The van der Waals surface area contributed by atoms with E-state index in [-0.39, 0.29) is 41.0 Å². The topological polar surface area (TPSA) is 148 Å². The second kappa shape index (κ2) is 10.9. The lowest BCUT2D eigenvalue weighted by molar-refractivity contribution is -0.884. The summed E-state index contributed by atoms with van der Waals surface area (Å²) in [5.74, 6) is 0.137. The molecule has 190 valence electrons. The third kappa shape index (κ3) is 5.56. The van der Waals surface area contributed by atoms with Crippen molar-refractivity contribution in [2.75, 3.05) is 20.1 Å². The number of fused-ring (bicyclic) bond motifs is 1. The minimum atomic E-state index is -0.948. The van der Waals surface area contributed by atoms with Crippen LogP contribution in [0.15, 0.2) is 35.1 Å². The minimum absolute atomic E-state index is 0.181. The van der Waals surface area contributed by atoms with E-state index in [0.717, 1.165) is 24.6 Å². The predicted molar refractivity (Wildman–Crippen MR) is 130 cm³/mol. The molecule has 0 unspecified atom stereocenters. The number of amides is 2. The van der Waals surface area contributed by atoms with Gasteiger partial charge in [0.15, 0.2) is 0 Å². The van der Waals surface area contributed by atoms with Gasteiger partial charge in [-0.05, 0) is 25.0 Å². The molecule has 3 aromatic heterocycles. The van der Waals surface area contributed by atoms with E-state index in [1.165, 1.54) is 0 Å². The predicted octanol–water partition coefficient (Wildman–Crippen LogP) is 3.52. The van der Waals surface area contributed by atoms with Crippen LogP contribution in [0.3, 0.4) is 0 Å². The van der Waals surface area contributed by atoms with Gasteiger partial charge in [0.05, 0.1) is 18.1 Å². The summed E-state index contributed by atoms with van der Waals surface area (Å²) in [6.45, 7) is 2.32. The molecule has 0 aliphatic carbocycles. The Morgan fingerprint density at radius 3 is 2.75 bits per heavy atom. The number of rotatable bonds is 11. The monoisotopic (exact) mass is 495 g/mol. The number of ketones is 1. The van der Waals surface area contributed by atoms with Gasteiger partial charge in [-0.25, -0.2) is 4.48 Å². The number of carboxylic acid groups (broad SMARTS) is 1. The highest BCUT2D eigenvalue weighted by Gasteiger charge is 2.50. The van der Waals surface area contributed by atoms with Gasteiger partial charge in [-0.1, -0.05) is 19.8 Å². The zero-order valence-corrected chi connectivity index (χ0v) is 20.5. The number of nitrogens with one attached hydrogen (secondary N) is 1. The summed E-state index contributed by atoms with van der Waals surface area (Å²) in [6.07, 6.45) is 8.06. The number of carbonyl (C=O) groups excluding carboxylic acids is 2. The van der Waals surface area contributed by atoms with Gasteiger partial charge in [-0.15, -0.1) is 10.2 Å². The Hall–Kier alpha value is -3.73. The Kier molecular flexibility index (Phi) is 7.68. The molecule has 1 saturated heterocycles. The van der Waals surface area contributed by atoms with Gasteiger partial charge in [-0.2, -0.15) is 4.79 Å². The van der Waals surface area contributed by atoms with Crippen LogP contribution in [0.5, 0.6) is 0 Å². The van der Waals surface area contributed by atoms with Crippen molar-refractivity contribution in [3.63, 3.8) is 0 Å². The maximum atomic E-state index is 12.9. The first-order chi connectivity index (χ1) is 17.3. The molecule has 0 aromatic carbocycles. The van der Waals surface area contributed by atoms with Gasteiger partial charge < -0.3 is 14.8 Å². The maximum Gasteiger partial charge on any atom is 0.513 e. The standard InChI is InChI=1S/C25H30N6O5/c1-3-18(32)9-5-4-6-10-20(28-22(33)17-14-31(2,15-17)25(34)35)24-30-29-23(36-24)19-13-26-12-16-8-7-11-27-21(16)19/h7-8,11-13,17,20H,3-6,9-10,14-15H2,1-2H3,(H-,28,33,34,35)/p+1/t17?,20-,31?/m0/s1. The molecule has 0 saturated carbocycles. The Bertz CT molecular complexity index is 1250. The van der Waals surface area contributed by atoms with Gasteiger partial charge in [0, 0.05) is 36.8 Å². The van der Waals surface area contributed by atoms with Crippen LogP contribution in [-0.4, -0.2) is 67.7 Å². The molecule has 4 rings (SSSR count). The third-order valence-corrected chi connectivity index (χ3v) is 6.72. The van der Waals surface area contributed by atoms with Crippen LogP contribution in [0.1, 0.15) is 57.4 Å². The van der Waals surface area contributed by atoms with E-state index < -0.39 is 18.1 Å². The molecule has 0 radical (unpaired) electrons. The number of hydrogen-bond donors (Lipinski definition) is 2. The van der Waals surface area contributed by atoms with Gasteiger partial charge in [-0.3, -0.25) is 19.6 Å². The molecule has 1 aliphatic heterocycles. The van der Waals surface area contributed by atoms with Crippen LogP contribution in [0.25, 0.3) is 22.4 Å². The smallest absolute Gasteiger partial charge is 0.435 e. The molecular formula is C25H31N6O5+. The average molecular weight is 496 g/mol. The van der Waals surface area contributed by atoms with Crippen LogP contribution in [0.2, 0.25) is 0 Å². The zero-order valence-electron chi connectivity index (χ0n) is 20.5. The van der Waals surface area contributed by atoms with E-state index >= 15 is 0 Å². The molecule has 1 aliphatic rings. The van der Waals surface area contributed by atoms with Gasteiger partial charge in [0.2, 0.25) is 11.8 Å². The van der Waals surface area contributed by atoms with E-state index in [4.69, 9.17) is 4.42 Å². The molecule has 1 fully saturated rings. The fourth-order valence-electron chi connectivity index (χ4n) is 4.45. The Balaban J connectivity index is 1.48. The number of Topliss-reactive ketones (excluding diaryl/α,β-unsaturated/α-hetero) is 1. The lowest BCUT2D eigenvalue weighted by Gasteiger charge is -2.41. The molecule has 11 heteroatoms. The van der Waals surface area contributed by atoms with E-state index in [1.807, 2.05) is 19.1 Å². The van der Waals surface area contributed by atoms with Crippen LogP contribution in [0.4, 0.5) is 4.79 Å². The number of pyridine rings is 2. The summed E-state index contributed by atoms with van der Waals surface area (Å²) in [5, 5.41) is 21.6. The molecule has 4 heterocycles. The van der Waals surface area contributed by atoms with Crippen molar-refractivity contribution in [3.05, 3.63) is 36.6 Å². The number of quaternary nitrogens is 1. The van der Waals surface area contributed by atoms with Crippen molar-refractivity contribution in [3.8, 4) is 11.5 Å². The Labute approximate surface area is 208 Å². The van der Waals surface area contributed by atoms with Crippen molar-refractivity contribution < 1.29 is 28.4 Å². The molecule has 1 atom stereocenters. The second-order valence-corrected chi connectivity index (χ2v) is 9.50. The van der Waals surface area contributed by atoms with Crippen molar-refractivity contribution in [2.24, 2.45) is 5.92 Å². The Morgan fingerprint density at radius 1 is 1.19 bits per heavy atom. The second-order valence-electron chi connectivity index (χ2n) is 9.50. The van der Waals surface area contributed by atoms with E-state index in [9.17, 15) is 19.5 Å². The van der Waals surface area contributed by atoms with Crippen LogP contribution >= 0.6 is 0 Å². The highest BCUT2D eigenvalue weighted by atomic mass is 16.4. The lowest BCUT2D eigenvalue weighted by Crippen LogP contribution is -2.67. The molecular weight excluding hydrogens is 464 g/mol. The number of unbranched alkanes of at least 4 members (excludes halogenated alkanes) is 2. The minimum Gasteiger partial charge on any atom is -0.435 e. The molecule has 36 heavy (non-hydrogen) atoms. The summed E-state index contributed by atoms with van der Waals surface area (Å²) < 4.78 is 5.81. The summed E-state index contributed by atoms with van der Waals surface area (Å²) in [4.78, 5) is 44.5. The molecule has 2 amide bonds. The van der Waals surface area contributed by atoms with Crippen molar-refractivity contribution in [2.45, 2.75) is 51.5 Å². The Morgan fingerprint density at radius 2 is 2.00 bits per heavy atom. The first-order valence-electron chi connectivity index (χ1n) is 12.2. The SMILES string of the molecule is CCC(=O)CCCCC[C@H](NC(=O)C1C[N+](C)(C(=O)O)C1)c1nnc(-c2cncc3cccnc23)o1. The molecule has 3 aromatic rings. The number of nitrogens with zero attached hydrogens (tertiary/aromatic N) is 5. The first kappa shape index (κ1) is 25.4. The summed E-state index contributed by atoms with van der Waals surface area (Å²) in [7, 11) is 1.59. The zero-order chi connectivity index (χ0) is 25.7. The maximum absolute atomic E-state index is 12.9. The number of likely N-dealkylation sites (tertiary alicyclic amines) is 1. The van der Waals surface area contributed by atoms with Crippen LogP contribution in [0, 0.1) is 5.92 Å². The molecule has 0 spiro atoms. The van der Waals surface area contributed by atoms with Crippen LogP contribution in [-0.2, 0) is 9.59 Å². The molecule has 11 nitrogen and oxygen atoms in total. The highest BCUT2D eigenvalue weighted by molar-refractivity contribution is 5.90. The highest BCUT2D eigenvalue weighted by Crippen LogP contribution is 2.29. The van der Waals surface area contributed by atoms with E-state index in [1.54, 1.807) is 25.6 Å². The van der Waals surface area contributed by atoms with Crippen molar-refractivity contribution >= 4 is 28.7 Å². The van der Waals surface area contributed by atoms with Gasteiger partial charge in [0.25, 0.3) is 5.89 Å². The average Bonchev–Trinajstić information content (AvgIpc) is 3.35. The summed E-state index contributed by atoms with van der Waals surface area (Å²) >= 11 is 0. The normalized spacial score (nSPS) is 20.0. The van der Waals surface area contributed by atoms with Crippen LogP contribution < -0.4 is 5.32 Å². The number of aromatic nitrogens is 4. The van der Waals surface area contributed by atoms with Crippen molar-refractivity contribution in [1.29, 1.82) is 0 Å². The largest absolute Gasteiger partial charge is 0.513 e. The fourth-order valence-corrected chi connectivity index (χ4v) is 4.45. The number of carbonyl (C=O) groups is 3. The summed E-state index contributed by atoms with van der Waals surface area (Å²) in [5.41, 5.74) is 1.28. The molecule has 0 bridgehead atoms. The first-order valence-corrected chi connectivity index (χ1v) is 12.2. The summed E-state index contributed by atoms with van der Waals surface area (Å²) in [6, 6.07) is 3.19. The third-order valence-electron chi connectivity index (χ3n) is 6.72. The van der Waals surface area contributed by atoms with E-state index in [0.29, 0.717) is 30.3 Å².